The number of nitrogens with zero attached hydrogens (tertiary/aromatic N) is 1. The third kappa shape index (κ3) is 4.64. The number of pyridine rings is 1. The Balaban J connectivity index is 2.34. The van der Waals surface area contributed by atoms with Gasteiger partial charge in [0.15, 0.2) is 0 Å². The molecule has 3 rings (SSSR count). The zero-order valence-electron chi connectivity index (χ0n) is 18.1. The molecule has 0 fully saturated rings. The Morgan fingerprint density at radius 1 is 1.25 bits per heavy atom. The summed E-state index contributed by atoms with van der Waals surface area (Å²) in [5.74, 6) is -1.48. The molecule has 32 heavy (non-hydrogen) atoms. The minimum Gasteiger partial charge on any atom is -0.491 e. The molecule has 0 aliphatic carbocycles. The molecule has 0 radical (unpaired) electrons. The monoisotopic (exact) mass is 461 g/mol. The van der Waals surface area contributed by atoms with Crippen LogP contribution in [-0.4, -0.2) is 33.5 Å². The first kappa shape index (κ1) is 23.8. The van der Waals surface area contributed by atoms with Crippen molar-refractivity contribution < 1.29 is 24.1 Å². The normalized spacial score (nSPS) is 12.3. The topological polar surface area (TPSA) is 88.8 Å². The van der Waals surface area contributed by atoms with Crippen LogP contribution in [0.25, 0.3) is 10.9 Å². The Kier molecular flexibility index (Phi) is 7.21. The largest absolute Gasteiger partial charge is 0.491 e. The van der Waals surface area contributed by atoms with Gasteiger partial charge in [0.25, 0.3) is 0 Å². The van der Waals surface area contributed by atoms with Gasteiger partial charge in [-0.05, 0) is 43.5 Å². The van der Waals surface area contributed by atoms with Crippen molar-refractivity contribution in [3.05, 3.63) is 74.3 Å². The first-order chi connectivity index (χ1) is 15.2. The molecule has 0 saturated heterocycles. The summed E-state index contributed by atoms with van der Waals surface area (Å²) in [4.78, 5) is 24.7. The predicted molar refractivity (Wildman–Crippen MR) is 122 cm³/mol. The fourth-order valence-corrected chi connectivity index (χ4v) is 3.88. The van der Waals surface area contributed by atoms with Gasteiger partial charge >= 0.3 is 5.97 Å². The van der Waals surface area contributed by atoms with E-state index in [1.807, 2.05) is 20.8 Å². The number of aliphatic hydroxyl groups is 1. The molecule has 6 nitrogen and oxygen atoms in total. The smallest absolute Gasteiger partial charge is 0.341 e. The fraction of sp³-hybridized carbons (Fsp3) is 0.333. The number of halogens is 2. The number of carboxylic acid groups (broad SMARTS) is 1. The number of hydrogen-bond donors (Lipinski definition) is 2. The van der Waals surface area contributed by atoms with E-state index in [4.69, 9.17) is 16.3 Å². The lowest BCUT2D eigenvalue weighted by Gasteiger charge is -2.22. The molecule has 0 aliphatic heterocycles. The van der Waals surface area contributed by atoms with E-state index in [1.54, 1.807) is 28.8 Å². The Labute approximate surface area is 189 Å². The summed E-state index contributed by atoms with van der Waals surface area (Å²) in [6, 6.07) is 7.44. The standard InChI is InChI=1S/C24H25ClFNO5/c1-4-16(12-28)27-11-18(24(30)31)23(29)17-9-15(21(10-20(17)27)32-13(2)3)8-14-6-5-7-19(25)22(14)26/h5-7,9-11,13,16,28H,4,8,12H2,1-3H3,(H,30,31)/t16-/m0/s1. The van der Waals surface area contributed by atoms with Crippen LogP contribution in [0.2, 0.25) is 5.02 Å². The van der Waals surface area contributed by atoms with E-state index in [1.165, 1.54) is 12.3 Å². The number of aromatic carboxylic acids is 1. The molecule has 0 amide bonds. The molecule has 2 N–H and O–H groups in total. The van der Waals surface area contributed by atoms with Crippen LogP contribution >= 0.6 is 11.6 Å². The van der Waals surface area contributed by atoms with Crippen LogP contribution in [0, 0.1) is 5.82 Å². The van der Waals surface area contributed by atoms with E-state index >= 15 is 0 Å². The van der Waals surface area contributed by atoms with Crippen LogP contribution in [0.15, 0.2) is 41.3 Å². The number of aliphatic hydroxyl groups excluding tert-OH is 1. The Bertz CT molecular complexity index is 1220. The molecule has 1 aromatic heterocycles. The van der Waals surface area contributed by atoms with E-state index in [9.17, 15) is 24.2 Å². The van der Waals surface area contributed by atoms with Gasteiger partial charge in [-0.25, -0.2) is 9.18 Å². The summed E-state index contributed by atoms with van der Waals surface area (Å²) in [6.45, 7) is 5.31. The zero-order valence-corrected chi connectivity index (χ0v) is 18.8. The summed E-state index contributed by atoms with van der Waals surface area (Å²) in [5, 5.41) is 19.5. The summed E-state index contributed by atoms with van der Waals surface area (Å²) in [7, 11) is 0. The number of carbonyl (C=O) groups is 1. The maximum absolute atomic E-state index is 14.6. The lowest BCUT2D eigenvalue weighted by atomic mass is 9.99. The highest BCUT2D eigenvalue weighted by atomic mass is 35.5. The number of hydrogen-bond acceptors (Lipinski definition) is 4. The molecule has 1 heterocycles. The second-order valence-corrected chi connectivity index (χ2v) is 8.27. The minimum atomic E-state index is -1.36. The van der Waals surface area contributed by atoms with Gasteiger partial charge in [0.05, 0.1) is 29.3 Å². The van der Waals surface area contributed by atoms with E-state index in [0.29, 0.717) is 28.8 Å². The molecule has 170 valence electrons. The number of fused-ring (bicyclic) bond motifs is 1. The summed E-state index contributed by atoms with van der Waals surface area (Å²) in [5.41, 5.74) is 0.228. The van der Waals surface area contributed by atoms with E-state index in [0.717, 1.165) is 0 Å². The molecular weight excluding hydrogens is 437 g/mol. The molecule has 0 spiro atoms. The number of benzene rings is 2. The van der Waals surface area contributed by atoms with Crippen molar-refractivity contribution in [3.8, 4) is 5.75 Å². The maximum Gasteiger partial charge on any atom is 0.341 e. The van der Waals surface area contributed by atoms with Gasteiger partial charge in [0.2, 0.25) is 5.43 Å². The van der Waals surface area contributed by atoms with Crippen molar-refractivity contribution in [3.63, 3.8) is 0 Å². The SMILES string of the molecule is CC[C@@H](CO)n1cc(C(=O)O)c(=O)c2cc(Cc3cccc(Cl)c3F)c(OC(C)C)cc21. The molecule has 0 unspecified atom stereocenters. The third-order valence-electron chi connectivity index (χ3n) is 5.30. The lowest BCUT2D eigenvalue weighted by Crippen LogP contribution is -2.23. The van der Waals surface area contributed by atoms with E-state index < -0.39 is 28.8 Å². The van der Waals surface area contributed by atoms with Crippen LogP contribution in [0.5, 0.6) is 5.75 Å². The molecular formula is C24H25ClFNO5. The van der Waals surface area contributed by atoms with Crippen molar-refractivity contribution in [2.45, 2.75) is 45.8 Å². The highest BCUT2D eigenvalue weighted by Gasteiger charge is 2.21. The van der Waals surface area contributed by atoms with Gasteiger partial charge in [-0.1, -0.05) is 30.7 Å². The zero-order chi connectivity index (χ0) is 23.6. The molecule has 1 atom stereocenters. The Morgan fingerprint density at radius 3 is 2.56 bits per heavy atom. The second-order valence-electron chi connectivity index (χ2n) is 7.86. The summed E-state index contributed by atoms with van der Waals surface area (Å²) < 4.78 is 22.1. The van der Waals surface area contributed by atoms with E-state index in [-0.39, 0.29) is 29.5 Å². The van der Waals surface area contributed by atoms with Gasteiger partial charge in [0.1, 0.15) is 17.1 Å². The molecule has 2 aromatic carbocycles. The van der Waals surface area contributed by atoms with Crippen LogP contribution in [0.1, 0.15) is 54.7 Å². The summed E-state index contributed by atoms with van der Waals surface area (Å²) >= 11 is 5.92. The van der Waals surface area contributed by atoms with Crippen molar-refractivity contribution in [2.75, 3.05) is 6.61 Å². The van der Waals surface area contributed by atoms with Gasteiger partial charge in [-0.3, -0.25) is 4.79 Å². The quantitative estimate of drug-likeness (QED) is 0.502. The molecule has 0 saturated carbocycles. The van der Waals surface area contributed by atoms with E-state index in [2.05, 4.69) is 0 Å². The van der Waals surface area contributed by atoms with Crippen LogP contribution in [-0.2, 0) is 6.42 Å². The number of ether oxygens (including phenoxy) is 1. The first-order valence-electron chi connectivity index (χ1n) is 10.3. The number of aromatic nitrogens is 1. The average Bonchev–Trinajstić information content (AvgIpc) is 2.73. The molecule has 0 aliphatic rings. The molecule has 3 aromatic rings. The Hall–Kier alpha value is -2.90. The predicted octanol–water partition coefficient (Wildman–Crippen LogP) is 4.81. The maximum atomic E-state index is 14.6. The average molecular weight is 462 g/mol. The van der Waals surface area contributed by atoms with Gasteiger partial charge in [-0.15, -0.1) is 0 Å². The highest BCUT2D eigenvalue weighted by Crippen LogP contribution is 2.31. The molecule has 8 heteroatoms. The van der Waals surface area contributed by atoms with Crippen LogP contribution < -0.4 is 10.2 Å². The Morgan fingerprint density at radius 2 is 1.97 bits per heavy atom. The third-order valence-corrected chi connectivity index (χ3v) is 5.59. The minimum absolute atomic E-state index is 0.0149. The van der Waals surface area contributed by atoms with Crippen LogP contribution in [0.4, 0.5) is 4.39 Å². The molecule has 0 bridgehead atoms. The van der Waals surface area contributed by atoms with Crippen molar-refractivity contribution in [1.82, 2.24) is 4.57 Å². The first-order valence-corrected chi connectivity index (χ1v) is 10.7. The highest BCUT2D eigenvalue weighted by molar-refractivity contribution is 6.30. The van der Waals surface area contributed by atoms with Crippen molar-refractivity contribution in [1.29, 1.82) is 0 Å². The van der Waals surface area contributed by atoms with Crippen molar-refractivity contribution in [2.24, 2.45) is 0 Å². The lowest BCUT2D eigenvalue weighted by molar-refractivity contribution is 0.0694. The number of carboxylic acids is 1. The van der Waals surface area contributed by atoms with Gasteiger partial charge in [0, 0.05) is 24.1 Å². The number of rotatable bonds is 8. The van der Waals surface area contributed by atoms with Crippen molar-refractivity contribution >= 4 is 28.5 Å². The summed E-state index contributed by atoms with van der Waals surface area (Å²) in [6.07, 6.45) is 1.67. The second kappa shape index (κ2) is 9.71. The fourth-order valence-electron chi connectivity index (χ4n) is 3.68. The van der Waals surface area contributed by atoms with Gasteiger partial charge < -0.3 is 19.5 Å². The van der Waals surface area contributed by atoms with Crippen LogP contribution in [0.3, 0.4) is 0 Å². The van der Waals surface area contributed by atoms with Gasteiger partial charge in [-0.2, -0.15) is 0 Å².